The lowest BCUT2D eigenvalue weighted by Crippen LogP contribution is -2.53. The van der Waals surface area contributed by atoms with Gasteiger partial charge in [0, 0.05) is 18.8 Å². The van der Waals surface area contributed by atoms with Gasteiger partial charge in [0.1, 0.15) is 0 Å². The molecule has 3 nitrogen and oxygen atoms in total. The molecule has 2 N–H and O–H groups in total. The highest BCUT2D eigenvalue weighted by Gasteiger charge is 2.54. The standard InChI is InChI=1S/C15H21NO2/c17-14(9-11-3-2-8-16-10-11)15(18)12-4-1-5-13(15)7-6-12/h2-3,8,10,12-14,17-18H,1,4-7,9H2/t12-,13+,14?,15+. The van der Waals surface area contributed by atoms with Crippen LogP contribution in [0, 0.1) is 11.8 Å². The first-order chi connectivity index (χ1) is 8.71. The second-order valence-corrected chi connectivity index (χ2v) is 5.87. The molecule has 1 aromatic heterocycles. The summed E-state index contributed by atoms with van der Waals surface area (Å²) in [5.41, 5.74) is 0.150. The number of rotatable bonds is 3. The van der Waals surface area contributed by atoms with Gasteiger partial charge in [-0.05, 0) is 49.1 Å². The minimum Gasteiger partial charge on any atom is -0.390 e. The number of aliphatic hydroxyl groups excluding tert-OH is 1. The summed E-state index contributed by atoms with van der Waals surface area (Å²) in [6.07, 6.45) is 8.85. The summed E-state index contributed by atoms with van der Waals surface area (Å²) >= 11 is 0. The summed E-state index contributed by atoms with van der Waals surface area (Å²) in [5, 5.41) is 21.4. The molecule has 3 rings (SSSR count). The minimum absolute atomic E-state index is 0.294. The van der Waals surface area contributed by atoms with E-state index >= 15 is 0 Å². The van der Waals surface area contributed by atoms with Crippen LogP contribution < -0.4 is 0 Å². The molecule has 0 aromatic carbocycles. The maximum absolute atomic E-state index is 10.9. The highest BCUT2D eigenvalue weighted by molar-refractivity contribution is 5.14. The molecule has 1 heterocycles. The van der Waals surface area contributed by atoms with E-state index in [9.17, 15) is 10.2 Å². The topological polar surface area (TPSA) is 53.4 Å². The predicted octanol–water partition coefficient (Wildman–Crippen LogP) is 1.93. The van der Waals surface area contributed by atoms with Crippen molar-refractivity contribution >= 4 is 0 Å². The first-order valence-electron chi connectivity index (χ1n) is 7.00. The number of aromatic nitrogens is 1. The van der Waals surface area contributed by atoms with Gasteiger partial charge in [0.05, 0.1) is 11.7 Å². The van der Waals surface area contributed by atoms with E-state index in [0.29, 0.717) is 18.3 Å². The van der Waals surface area contributed by atoms with Gasteiger partial charge in [0.25, 0.3) is 0 Å². The molecule has 4 atom stereocenters. The highest BCUT2D eigenvalue weighted by Crippen LogP contribution is 2.51. The molecule has 0 aliphatic heterocycles. The van der Waals surface area contributed by atoms with Gasteiger partial charge in [-0.25, -0.2) is 0 Å². The Morgan fingerprint density at radius 3 is 2.61 bits per heavy atom. The fourth-order valence-corrected chi connectivity index (χ4v) is 4.01. The molecule has 3 heteroatoms. The summed E-state index contributed by atoms with van der Waals surface area (Å²) in [4.78, 5) is 4.07. The zero-order valence-electron chi connectivity index (χ0n) is 10.6. The zero-order chi connectivity index (χ0) is 12.6. The van der Waals surface area contributed by atoms with Crippen LogP contribution in [0.15, 0.2) is 24.5 Å². The number of hydrogen-bond acceptors (Lipinski definition) is 3. The van der Waals surface area contributed by atoms with E-state index in [4.69, 9.17) is 0 Å². The lowest BCUT2D eigenvalue weighted by molar-refractivity contribution is -0.142. The predicted molar refractivity (Wildman–Crippen MR) is 69.0 cm³/mol. The summed E-state index contributed by atoms with van der Waals surface area (Å²) in [6, 6.07) is 3.84. The Morgan fingerprint density at radius 2 is 2.00 bits per heavy atom. The van der Waals surface area contributed by atoms with Crippen molar-refractivity contribution in [2.75, 3.05) is 0 Å². The molecule has 2 aliphatic rings. The Morgan fingerprint density at radius 1 is 1.28 bits per heavy atom. The number of nitrogens with zero attached hydrogens (tertiary/aromatic N) is 1. The Balaban J connectivity index is 1.77. The largest absolute Gasteiger partial charge is 0.390 e. The van der Waals surface area contributed by atoms with Crippen LogP contribution in [0.1, 0.15) is 37.7 Å². The highest BCUT2D eigenvalue weighted by atomic mass is 16.3. The monoisotopic (exact) mass is 247 g/mol. The lowest BCUT2D eigenvalue weighted by atomic mass is 9.70. The van der Waals surface area contributed by atoms with Crippen molar-refractivity contribution in [3.05, 3.63) is 30.1 Å². The fraction of sp³-hybridized carbons (Fsp3) is 0.667. The summed E-state index contributed by atoms with van der Waals surface area (Å²) in [7, 11) is 0. The molecule has 2 aliphatic carbocycles. The van der Waals surface area contributed by atoms with Crippen LogP contribution >= 0.6 is 0 Å². The van der Waals surface area contributed by atoms with E-state index in [1.165, 1.54) is 6.42 Å². The van der Waals surface area contributed by atoms with Gasteiger partial charge in [0.15, 0.2) is 0 Å². The number of aliphatic hydroxyl groups is 2. The van der Waals surface area contributed by atoms with Crippen molar-refractivity contribution < 1.29 is 10.2 Å². The summed E-state index contributed by atoms with van der Waals surface area (Å²) in [6.45, 7) is 0. The van der Waals surface area contributed by atoms with E-state index in [1.807, 2.05) is 12.1 Å². The molecule has 1 unspecified atom stereocenters. The lowest BCUT2D eigenvalue weighted by Gasteiger charge is -2.43. The van der Waals surface area contributed by atoms with Crippen LogP contribution in [0.3, 0.4) is 0 Å². The molecule has 0 amide bonds. The first-order valence-corrected chi connectivity index (χ1v) is 7.00. The molecule has 2 saturated carbocycles. The second kappa shape index (κ2) is 4.63. The average Bonchev–Trinajstić information content (AvgIpc) is 2.58. The van der Waals surface area contributed by atoms with Gasteiger partial charge >= 0.3 is 0 Å². The Hall–Kier alpha value is -0.930. The third-order valence-electron chi connectivity index (χ3n) is 4.96. The van der Waals surface area contributed by atoms with Gasteiger partial charge in [-0.1, -0.05) is 12.5 Å². The summed E-state index contributed by atoms with van der Waals surface area (Å²) < 4.78 is 0. The molecule has 0 radical (unpaired) electrons. The van der Waals surface area contributed by atoms with Crippen LogP contribution in [0.25, 0.3) is 0 Å². The van der Waals surface area contributed by atoms with Crippen LogP contribution in [0.2, 0.25) is 0 Å². The molecular weight excluding hydrogens is 226 g/mol. The van der Waals surface area contributed by atoms with Gasteiger partial charge in [0.2, 0.25) is 0 Å². The van der Waals surface area contributed by atoms with Gasteiger partial charge < -0.3 is 10.2 Å². The van der Waals surface area contributed by atoms with E-state index in [2.05, 4.69) is 4.98 Å². The molecule has 2 fully saturated rings. The van der Waals surface area contributed by atoms with Crippen molar-refractivity contribution in [3.63, 3.8) is 0 Å². The molecule has 0 spiro atoms. The Bertz CT molecular complexity index is 390. The molecule has 18 heavy (non-hydrogen) atoms. The van der Waals surface area contributed by atoms with Crippen LogP contribution in [-0.4, -0.2) is 26.9 Å². The van der Waals surface area contributed by atoms with Crippen LogP contribution in [0.5, 0.6) is 0 Å². The molecule has 0 saturated heterocycles. The van der Waals surface area contributed by atoms with Crippen LogP contribution in [-0.2, 0) is 6.42 Å². The SMILES string of the molecule is OC(Cc1cccnc1)[C@]1(O)[C@@H]2CCC[C@H]1CC2. The normalized spacial score (nSPS) is 36.6. The third-order valence-corrected chi connectivity index (χ3v) is 4.96. The molecule has 98 valence electrons. The Labute approximate surface area is 108 Å². The zero-order valence-corrected chi connectivity index (χ0v) is 10.6. The summed E-state index contributed by atoms with van der Waals surface area (Å²) in [5.74, 6) is 0.589. The van der Waals surface area contributed by atoms with E-state index in [-0.39, 0.29) is 0 Å². The van der Waals surface area contributed by atoms with Crippen LogP contribution in [0.4, 0.5) is 0 Å². The quantitative estimate of drug-likeness (QED) is 0.858. The van der Waals surface area contributed by atoms with Gasteiger partial charge in [-0.2, -0.15) is 0 Å². The molecule has 1 aromatic rings. The second-order valence-electron chi connectivity index (χ2n) is 5.87. The molecule has 2 bridgehead atoms. The van der Waals surface area contributed by atoms with Crippen molar-refractivity contribution in [2.45, 2.75) is 50.2 Å². The van der Waals surface area contributed by atoms with Gasteiger partial charge in [-0.15, -0.1) is 0 Å². The minimum atomic E-state index is -0.853. The number of pyridine rings is 1. The Kier molecular flexibility index (Phi) is 3.12. The van der Waals surface area contributed by atoms with E-state index < -0.39 is 11.7 Å². The van der Waals surface area contributed by atoms with Crippen molar-refractivity contribution in [3.8, 4) is 0 Å². The van der Waals surface area contributed by atoms with Crippen molar-refractivity contribution in [1.29, 1.82) is 0 Å². The number of hydrogen-bond donors (Lipinski definition) is 2. The maximum atomic E-state index is 10.9. The third kappa shape index (κ3) is 1.86. The average molecular weight is 247 g/mol. The van der Waals surface area contributed by atoms with E-state index in [0.717, 1.165) is 31.2 Å². The smallest absolute Gasteiger partial charge is 0.0964 e. The van der Waals surface area contributed by atoms with Gasteiger partial charge in [-0.3, -0.25) is 4.98 Å². The number of fused-ring (bicyclic) bond motifs is 2. The first kappa shape index (κ1) is 12.1. The fourth-order valence-electron chi connectivity index (χ4n) is 4.01. The molecular formula is C15H21NO2. The van der Waals surface area contributed by atoms with Crippen molar-refractivity contribution in [1.82, 2.24) is 4.98 Å². The van der Waals surface area contributed by atoms with E-state index in [1.54, 1.807) is 12.4 Å². The maximum Gasteiger partial charge on any atom is 0.0964 e. The van der Waals surface area contributed by atoms with Crippen molar-refractivity contribution in [2.24, 2.45) is 11.8 Å².